The van der Waals surface area contributed by atoms with Crippen molar-refractivity contribution in [3.8, 4) is 11.5 Å². The van der Waals surface area contributed by atoms with Gasteiger partial charge in [-0.2, -0.15) is 0 Å². The molecular formula is C25H21ClN2O4. The van der Waals surface area contributed by atoms with E-state index in [-0.39, 0.29) is 11.3 Å². The van der Waals surface area contributed by atoms with Gasteiger partial charge in [0.15, 0.2) is 0 Å². The second-order valence-electron chi connectivity index (χ2n) is 7.18. The van der Waals surface area contributed by atoms with E-state index < -0.39 is 11.8 Å². The Kier molecular flexibility index (Phi) is 5.88. The molecule has 0 saturated heterocycles. The number of ether oxygens (including phenoxy) is 2. The molecule has 3 aromatic rings. The van der Waals surface area contributed by atoms with Crippen LogP contribution in [0.5, 0.6) is 11.5 Å². The largest absolute Gasteiger partial charge is 0.497 e. The van der Waals surface area contributed by atoms with Gasteiger partial charge in [-0.3, -0.25) is 9.59 Å². The molecule has 1 aliphatic rings. The number of carbonyl (C=O) groups excluding carboxylic acids is 2. The molecule has 1 aliphatic heterocycles. The van der Waals surface area contributed by atoms with Gasteiger partial charge in [-0.05, 0) is 48.4 Å². The second kappa shape index (κ2) is 8.77. The number of nitrogens with zero attached hydrogens (tertiary/aromatic N) is 1. The van der Waals surface area contributed by atoms with Gasteiger partial charge < -0.3 is 14.8 Å². The van der Waals surface area contributed by atoms with E-state index in [1.165, 1.54) is 12.0 Å². The Morgan fingerprint density at radius 3 is 2.28 bits per heavy atom. The second-order valence-corrected chi connectivity index (χ2v) is 7.62. The number of halogens is 1. The highest BCUT2D eigenvalue weighted by Crippen LogP contribution is 2.38. The van der Waals surface area contributed by atoms with E-state index in [1.54, 1.807) is 62.6 Å². The van der Waals surface area contributed by atoms with E-state index in [0.717, 1.165) is 0 Å². The van der Waals surface area contributed by atoms with Crippen LogP contribution >= 0.6 is 11.6 Å². The van der Waals surface area contributed by atoms with E-state index in [2.05, 4.69) is 5.32 Å². The molecule has 6 nitrogen and oxygen atoms in total. The van der Waals surface area contributed by atoms with Gasteiger partial charge in [-0.1, -0.05) is 41.9 Å². The fraction of sp³-hybridized carbons (Fsp3) is 0.120. The van der Waals surface area contributed by atoms with E-state index >= 15 is 0 Å². The van der Waals surface area contributed by atoms with Crippen LogP contribution in [0.15, 0.2) is 72.4 Å². The summed E-state index contributed by atoms with van der Waals surface area (Å²) in [6.07, 6.45) is 0. The first-order valence-corrected chi connectivity index (χ1v) is 10.3. The molecule has 32 heavy (non-hydrogen) atoms. The summed E-state index contributed by atoms with van der Waals surface area (Å²) in [5.41, 5.74) is 2.76. The monoisotopic (exact) mass is 448 g/mol. The average molecular weight is 449 g/mol. The van der Waals surface area contributed by atoms with E-state index in [4.69, 9.17) is 21.1 Å². The molecule has 0 spiro atoms. The summed E-state index contributed by atoms with van der Waals surface area (Å²) in [4.78, 5) is 28.3. The molecular weight excluding hydrogens is 428 g/mol. The molecule has 0 fully saturated rings. The highest BCUT2D eigenvalue weighted by molar-refractivity contribution is 6.46. The summed E-state index contributed by atoms with van der Waals surface area (Å²) in [6.45, 7) is 1.81. The summed E-state index contributed by atoms with van der Waals surface area (Å²) in [6, 6.07) is 19.3. The molecule has 4 rings (SSSR count). The number of carbonyl (C=O) groups is 2. The number of hydrogen-bond acceptors (Lipinski definition) is 5. The molecule has 2 amide bonds. The van der Waals surface area contributed by atoms with Crippen molar-refractivity contribution in [2.45, 2.75) is 6.92 Å². The number of nitrogens with one attached hydrogen (secondary N) is 1. The third-order valence-corrected chi connectivity index (χ3v) is 5.45. The molecule has 0 saturated carbocycles. The maximum Gasteiger partial charge on any atom is 0.282 e. The van der Waals surface area contributed by atoms with Crippen molar-refractivity contribution in [3.63, 3.8) is 0 Å². The number of hydrogen-bond donors (Lipinski definition) is 1. The molecule has 1 N–H and O–H groups in total. The van der Waals surface area contributed by atoms with Crippen molar-refractivity contribution in [2.24, 2.45) is 0 Å². The van der Waals surface area contributed by atoms with Crippen molar-refractivity contribution in [1.82, 2.24) is 0 Å². The predicted molar refractivity (Wildman–Crippen MR) is 125 cm³/mol. The van der Waals surface area contributed by atoms with Crippen LogP contribution in [0.4, 0.5) is 11.4 Å². The van der Waals surface area contributed by atoms with Crippen LogP contribution in [-0.2, 0) is 9.59 Å². The van der Waals surface area contributed by atoms with Crippen molar-refractivity contribution in [3.05, 3.63) is 88.6 Å². The van der Waals surface area contributed by atoms with Gasteiger partial charge in [0.25, 0.3) is 11.8 Å². The molecule has 162 valence electrons. The number of anilines is 2. The Morgan fingerprint density at radius 1 is 0.875 bits per heavy atom. The van der Waals surface area contributed by atoms with Crippen LogP contribution in [0.25, 0.3) is 5.57 Å². The minimum Gasteiger partial charge on any atom is -0.497 e. The van der Waals surface area contributed by atoms with Gasteiger partial charge in [-0.25, -0.2) is 4.90 Å². The molecule has 0 bridgehead atoms. The van der Waals surface area contributed by atoms with Crippen LogP contribution in [0.1, 0.15) is 11.1 Å². The normalized spacial score (nSPS) is 13.6. The van der Waals surface area contributed by atoms with Crippen molar-refractivity contribution in [2.75, 3.05) is 24.4 Å². The first kappa shape index (κ1) is 21.5. The summed E-state index contributed by atoms with van der Waals surface area (Å²) in [5, 5.41) is 3.66. The van der Waals surface area contributed by atoms with Gasteiger partial charge >= 0.3 is 0 Å². The van der Waals surface area contributed by atoms with Gasteiger partial charge in [-0.15, -0.1) is 0 Å². The van der Waals surface area contributed by atoms with Gasteiger partial charge in [0.2, 0.25) is 0 Å². The topological polar surface area (TPSA) is 67.9 Å². The highest BCUT2D eigenvalue weighted by atomic mass is 35.5. The lowest BCUT2D eigenvalue weighted by molar-refractivity contribution is -0.120. The number of methoxy groups -OCH3 is 2. The molecule has 0 aromatic heterocycles. The zero-order valence-electron chi connectivity index (χ0n) is 17.8. The standard InChI is InChI=1S/C25H21ClN2O4/c1-15-13-17(26)9-11-20(15)28-24(29)22(16-7-5-4-6-8-16)23(25(28)30)27-19-14-18(31-2)10-12-21(19)32-3/h4-14,27H,1-3H3. The third-order valence-electron chi connectivity index (χ3n) is 5.21. The molecule has 7 heteroatoms. The Balaban J connectivity index is 1.86. The van der Waals surface area contributed by atoms with E-state index in [0.29, 0.717) is 39.0 Å². The Bertz CT molecular complexity index is 1240. The van der Waals surface area contributed by atoms with Crippen LogP contribution in [0, 0.1) is 6.92 Å². The lowest BCUT2D eigenvalue weighted by Crippen LogP contribution is -2.33. The fourth-order valence-electron chi connectivity index (χ4n) is 3.65. The minimum atomic E-state index is -0.468. The summed E-state index contributed by atoms with van der Waals surface area (Å²) >= 11 is 6.08. The number of imide groups is 1. The van der Waals surface area contributed by atoms with E-state index in [9.17, 15) is 9.59 Å². The van der Waals surface area contributed by atoms with Crippen molar-refractivity contribution in [1.29, 1.82) is 0 Å². The molecule has 3 aromatic carbocycles. The zero-order valence-corrected chi connectivity index (χ0v) is 18.6. The Morgan fingerprint density at radius 2 is 1.62 bits per heavy atom. The van der Waals surface area contributed by atoms with Crippen LogP contribution in [0.2, 0.25) is 5.02 Å². The maximum atomic E-state index is 13.6. The van der Waals surface area contributed by atoms with Crippen LogP contribution in [-0.4, -0.2) is 26.0 Å². The molecule has 0 radical (unpaired) electrons. The number of benzene rings is 3. The SMILES string of the molecule is COc1ccc(OC)c(NC2=C(c3ccccc3)C(=O)N(c3ccc(Cl)cc3C)C2=O)c1. The Labute approximate surface area is 191 Å². The predicted octanol–water partition coefficient (Wildman–Crippen LogP) is 5.06. The molecule has 0 aliphatic carbocycles. The third kappa shape index (κ3) is 3.81. The van der Waals surface area contributed by atoms with E-state index in [1.807, 2.05) is 18.2 Å². The van der Waals surface area contributed by atoms with Gasteiger partial charge in [0.1, 0.15) is 17.2 Å². The summed E-state index contributed by atoms with van der Waals surface area (Å²) in [7, 11) is 3.08. The number of amides is 2. The van der Waals surface area contributed by atoms with Crippen LogP contribution < -0.4 is 19.7 Å². The summed E-state index contributed by atoms with van der Waals surface area (Å²) < 4.78 is 10.7. The lowest BCUT2D eigenvalue weighted by Gasteiger charge is -2.18. The molecule has 1 heterocycles. The van der Waals surface area contributed by atoms with Gasteiger partial charge in [0.05, 0.1) is 31.2 Å². The number of rotatable bonds is 6. The van der Waals surface area contributed by atoms with Crippen molar-refractivity contribution < 1.29 is 19.1 Å². The lowest BCUT2D eigenvalue weighted by atomic mass is 10.0. The maximum absolute atomic E-state index is 13.6. The first-order valence-electron chi connectivity index (χ1n) is 9.88. The molecule has 0 atom stereocenters. The van der Waals surface area contributed by atoms with Gasteiger partial charge in [0, 0.05) is 11.1 Å². The molecule has 0 unspecified atom stereocenters. The fourth-order valence-corrected chi connectivity index (χ4v) is 3.88. The van der Waals surface area contributed by atoms with Crippen molar-refractivity contribution >= 4 is 40.4 Å². The van der Waals surface area contributed by atoms with Crippen LogP contribution in [0.3, 0.4) is 0 Å². The highest BCUT2D eigenvalue weighted by Gasteiger charge is 2.41. The quantitative estimate of drug-likeness (QED) is 0.534. The average Bonchev–Trinajstić information content (AvgIpc) is 3.04. The minimum absolute atomic E-state index is 0.155. The zero-order chi connectivity index (χ0) is 22.8. The Hall–Kier alpha value is -3.77. The summed E-state index contributed by atoms with van der Waals surface area (Å²) in [5.74, 6) is 0.199. The first-order chi connectivity index (χ1) is 15.4. The smallest absolute Gasteiger partial charge is 0.282 e. The number of aryl methyl sites for hydroxylation is 1.